The summed E-state index contributed by atoms with van der Waals surface area (Å²) in [5.41, 5.74) is 8.72. The van der Waals surface area contributed by atoms with Gasteiger partial charge in [-0.25, -0.2) is 0 Å². The molecule has 1 saturated carbocycles. The van der Waals surface area contributed by atoms with Crippen molar-refractivity contribution in [2.24, 2.45) is 5.73 Å². The number of rotatable bonds is 3. The number of nitrogens with two attached hydrogens (primary N) is 1. The van der Waals surface area contributed by atoms with Gasteiger partial charge in [-0.2, -0.15) is 0 Å². The Hall–Kier alpha value is -1.32. The highest BCUT2D eigenvalue weighted by molar-refractivity contribution is 6.31. The van der Waals surface area contributed by atoms with Gasteiger partial charge in [-0.3, -0.25) is 4.98 Å². The van der Waals surface area contributed by atoms with Gasteiger partial charge < -0.3 is 10.2 Å². The molecule has 3 rings (SSSR count). The molecule has 1 aliphatic rings. The summed E-state index contributed by atoms with van der Waals surface area (Å²) in [4.78, 5) is 4.49. The van der Waals surface area contributed by atoms with Gasteiger partial charge in [0, 0.05) is 29.3 Å². The first-order valence-electron chi connectivity index (χ1n) is 5.64. The van der Waals surface area contributed by atoms with Crippen LogP contribution >= 0.6 is 11.6 Å². The molecule has 0 unspecified atom stereocenters. The van der Waals surface area contributed by atoms with Crippen LogP contribution in [-0.4, -0.2) is 11.5 Å². The molecule has 0 bridgehead atoms. The third-order valence-electron chi connectivity index (χ3n) is 3.44. The van der Waals surface area contributed by atoms with Gasteiger partial charge in [0.2, 0.25) is 0 Å². The van der Waals surface area contributed by atoms with Crippen LogP contribution in [0.1, 0.15) is 18.5 Å². The molecular formula is C13H13ClN2O. The van der Waals surface area contributed by atoms with Crippen molar-refractivity contribution in [3.05, 3.63) is 41.6 Å². The first-order valence-corrected chi connectivity index (χ1v) is 6.02. The zero-order valence-electron chi connectivity index (χ0n) is 9.32. The monoisotopic (exact) mass is 248 g/mol. The zero-order chi connectivity index (χ0) is 11.9. The molecule has 17 heavy (non-hydrogen) atoms. The van der Waals surface area contributed by atoms with Crippen molar-refractivity contribution in [3.63, 3.8) is 0 Å². The lowest BCUT2D eigenvalue weighted by molar-refractivity contribution is 0.568. The van der Waals surface area contributed by atoms with Crippen molar-refractivity contribution in [2.75, 3.05) is 6.54 Å². The highest BCUT2D eigenvalue weighted by Crippen LogP contribution is 2.48. The van der Waals surface area contributed by atoms with E-state index in [1.54, 1.807) is 12.5 Å². The number of nitrogens with zero attached hydrogens (tertiary/aromatic N) is 1. The van der Waals surface area contributed by atoms with Gasteiger partial charge in [0.1, 0.15) is 0 Å². The molecule has 2 aromatic rings. The molecule has 1 fully saturated rings. The molecule has 3 nitrogen and oxygen atoms in total. The van der Waals surface area contributed by atoms with E-state index in [9.17, 15) is 0 Å². The molecule has 2 aromatic heterocycles. The summed E-state index contributed by atoms with van der Waals surface area (Å²) in [5.74, 6) is 0. The minimum atomic E-state index is 0.0337. The molecule has 0 spiro atoms. The van der Waals surface area contributed by atoms with Gasteiger partial charge in [-0.15, -0.1) is 0 Å². The quantitative estimate of drug-likeness (QED) is 0.909. The van der Waals surface area contributed by atoms with Crippen LogP contribution in [0.2, 0.25) is 5.02 Å². The number of halogens is 1. The van der Waals surface area contributed by atoms with Crippen LogP contribution in [0.3, 0.4) is 0 Å². The maximum atomic E-state index is 6.30. The molecule has 0 radical (unpaired) electrons. The summed E-state index contributed by atoms with van der Waals surface area (Å²) >= 11 is 6.30. The molecular weight excluding hydrogens is 236 g/mol. The Morgan fingerprint density at radius 3 is 2.76 bits per heavy atom. The average Bonchev–Trinajstić information content (AvgIpc) is 2.94. The van der Waals surface area contributed by atoms with Crippen molar-refractivity contribution in [2.45, 2.75) is 18.3 Å². The van der Waals surface area contributed by atoms with Gasteiger partial charge in [-0.1, -0.05) is 11.6 Å². The van der Waals surface area contributed by atoms with Crippen LogP contribution in [0, 0.1) is 0 Å². The second kappa shape index (κ2) is 3.86. The normalized spacial score (nSPS) is 17.1. The van der Waals surface area contributed by atoms with Crippen LogP contribution in [0.15, 0.2) is 35.3 Å². The average molecular weight is 249 g/mol. The molecule has 0 amide bonds. The highest BCUT2D eigenvalue weighted by Gasteiger charge is 2.45. The van der Waals surface area contributed by atoms with Crippen LogP contribution in [0.4, 0.5) is 0 Å². The molecule has 2 N–H and O–H groups in total. The van der Waals surface area contributed by atoms with E-state index in [0.717, 1.165) is 29.7 Å². The maximum Gasteiger partial charge on any atom is 0.0981 e. The summed E-state index contributed by atoms with van der Waals surface area (Å²) in [5, 5.41) is 0.701. The Morgan fingerprint density at radius 2 is 2.24 bits per heavy atom. The van der Waals surface area contributed by atoms with Gasteiger partial charge >= 0.3 is 0 Å². The van der Waals surface area contributed by atoms with Gasteiger partial charge in [0.15, 0.2) is 0 Å². The third-order valence-corrected chi connectivity index (χ3v) is 3.73. The van der Waals surface area contributed by atoms with E-state index < -0.39 is 0 Å². The summed E-state index contributed by atoms with van der Waals surface area (Å²) < 4.78 is 5.05. The van der Waals surface area contributed by atoms with Crippen LogP contribution in [-0.2, 0) is 5.41 Å². The van der Waals surface area contributed by atoms with E-state index in [1.165, 1.54) is 0 Å². The smallest absolute Gasteiger partial charge is 0.0981 e. The SMILES string of the molecule is NCC1(c2ncc(-c3ccoc3)cc2Cl)CC1. The Bertz CT molecular complexity index is 532. The zero-order valence-corrected chi connectivity index (χ0v) is 10.1. The summed E-state index contributed by atoms with van der Waals surface area (Å²) in [7, 11) is 0. The Kier molecular flexibility index (Phi) is 2.45. The molecule has 2 heterocycles. The van der Waals surface area contributed by atoms with Crippen LogP contribution < -0.4 is 5.73 Å². The van der Waals surface area contributed by atoms with E-state index in [-0.39, 0.29) is 5.41 Å². The lowest BCUT2D eigenvalue weighted by Crippen LogP contribution is -2.21. The molecule has 0 aliphatic heterocycles. The van der Waals surface area contributed by atoms with Crippen molar-refractivity contribution in [1.29, 1.82) is 0 Å². The lowest BCUT2D eigenvalue weighted by Gasteiger charge is -2.13. The van der Waals surface area contributed by atoms with Crippen molar-refractivity contribution < 1.29 is 4.42 Å². The van der Waals surface area contributed by atoms with E-state index in [4.69, 9.17) is 21.8 Å². The topological polar surface area (TPSA) is 52.0 Å². The summed E-state index contributed by atoms with van der Waals surface area (Å²) in [6, 6.07) is 3.83. The molecule has 1 aliphatic carbocycles. The van der Waals surface area contributed by atoms with Crippen molar-refractivity contribution in [1.82, 2.24) is 4.98 Å². The number of hydrogen-bond acceptors (Lipinski definition) is 3. The summed E-state index contributed by atoms with van der Waals surface area (Å²) in [6.07, 6.45) is 7.33. The maximum absolute atomic E-state index is 6.30. The van der Waals surface area contributed by atoms with E-state index in [2.05, 4.69) is 4.98 Å². The van der Waals surface area contributed by atoms with Crippen LogP contribution in [0.25, 0.3) is 11.1 Å². The fourth-order valence-electron chi connectivity index (χ4n) is 2.10. The first kappa shape index (κ1) is 10.8. The Labute approximate surface area is 105 Å². The predicted molar refractivity (Wildman–Crippen MR) is 66.9 cm³/mol. The number of furan rings is 1. The Morgan fingerprint density at radius 1 is 1.41 bits per heavy atom. The number of hydrogen-bond donors (Lipinski definition) is 1. The second-order valence-corrected chi connectivity index (χ2v) is 4.96. The predicted octanol–water partition coefficient (Wildman–Crippen LogP) is 2.99. The number of aromatic nitrogens is 1. The molecule has 0 aromatic carbocycles. The van der Waals surface area contributed by atoms with Crippen LogP contribution in [0.5, 0.6) is 0 Å². The van der Waals surface area contributed by atoms with Crippen molar-refractivity contribution in [3.8, 4) is 11.1 Å². The fraction of sp³-hybridized carbons (Fsp3) is 0.308. The summed E-state index contributed by atoms with van der Waals surface area (Å²) in [6.45, 7) is 0.616. The standard InChI is InChI=1S/C13H13ClN2O/c14-11-5-10(9-1-4-17-7-9)6-16-12(11)13(8-15)2-3-13/h1,4-7H,2-3,8,15H2. The van der Waals surface area contributed by atoms with Gasteiger partial charge in [0.25, 0.3) is 0 Å². The van der Waals surface area contributed by atoms with Gasteiger partial charge in [-0.05, 0) is 25.0 Å². The second-order valence-electron chi connectivity index (χ2n) is 4.55. The Balaban J connectivity index is 2.00. The van der Waals surface area contributed by atoms with Crippen molar-refractivity contribution >= 4 is 11.6 Å². The highest BCUT2D eigenvalue weighted by atomic mass is 35.5. The molecule has 0 atom stereocenters. The minimum Gasteiger partial charge on any atom is -0.472 e. The molecule has 4 heteroatoms. The largest absolute Gasteiger partial charge is 0.472 e. The fourth-order valence-corrected chi connectivity index (χ4v) is 2.47. The van der Waals surface area contributed by atoms with E-state index in [1.807, 2.05) is 18.3 Å². The lowest BCUT2D eigenvalue weighted by atomic mass is 10.0. The first-order chi connectivity index (χ1) is 8.25. The minimum absolute atomic E-state index is 0.0337. The third kappa shape index (κ3) is 1.75. The van der Waals surface area contributed by atoms with Gasteiger partial charge in [0.05, 0.1) is 23.2 Å². The molecule has 0 saturated heterocycles. The van der Waals surface area contributed by atoms with E-state index in [0.29, 0.717) is 11.6 Å². The number of pyridine rings is 1. The molecule has 88 valence electrons. The van der Waals surface area contributed by atoms with E-state index >= 15 is 0 Å².